The van der Waals surface area contributed by atoms with Gasteiger partial charge in [-0.25, -0.2) is 0 Å². The average molecular weight is 409 g/mol. The molecule has 4 heteroatoms. The molecule has 0 fully saturated rings. The van der Waals surface area contributed by atoms with Crippen molar-refractivity contribution in [1.29, 1.82) is 0 Å². The highest BCUT2D eigenvalue weighted by molar-refractivity contribution is 6.99. The van der Waals surface area contributed by atoms with Crippen LogP contribution in [0.1, 0.15) is 40.0 Å². The van der Waals surface area contributed by atoms with Crippen LogP contribution in [0.2, 0.25) is 5.04 Å². The summed E-state index contributed by atoms with van der Waals surface area (Å²) in [7, 11) is -1.07. The van der Waals surface area contributed by atoms with Crippen molar-refractivity contribution < 1.29 is 14.0 Å². The Bertz CT molecular complexity index is 777. The van der Waals surface area contributed by atoms with Crippen LogP contribution in [-0.2, 0) is 14.0 Å². The molecule has 0 aliphatic heterocycles. The van der Waals surface area contributed by atoms with E-state index < -0.39 is 8.32 Å². The molecule has 0 amide bonds. The number of hydrogen-bond acceptors (Lipinski definition) is 3. The van der Waals surface area contributed by atoms with Gasteiger partial charge in [0.25, 0.3) is 8.32 Å². The quantitative estimate of drug-likeness (QED) is 0.263. The Morgan fingerprint density at radius 3 is 2.00 bits per heavy atom. The molecule has 29 heavy (non-hydrogen) atoms. The number of carbonyl (C=O) groups excluding carboxylic acids is 1. The molecule has 0 bridgehead atoms. The first kappa shape index (κ1) is 22.9. The van der Waals surface area contributed by atoms with Gasteiger partial charge in [-0.1, -0.05) is 81.4 Å². The summed E-state index contributed by atoms with van der Waals surface area (Å²) in [5.74, 6) is -0.169. The largest absolute Gasteiger partial charge is 0.469 e. The Kier molecular flexibility index (Phi) is 8.65. The van der Waals surface area contributed by atoms with E-state index in [1.165, 1.54) is 17.5 Å². The zero-order valence-electron chi connectivity index (χ0n) is 18.0. The van der Waals surface area contributed by atoms with Crippen molar-refractivity contribution >= 4 is 24.7 Å². The number of benzene rings is 2. The molecular weight excluding hydrogens is 376 g/mol. The number of hydrogen-bond donors (Lipinski definition) is 0. The molecule has 0 heterocycles. The third-order valence-corrected chi connectivity index (χ3v) is 10.00. The highest BCUT2D eigenvalue weighted by Gasteiger charge is 2.49. The van der Waals surface area contributed by atoms with Crippen molar-refractivity contribution in [2.45, 2.75) is 45.1 Å². The van der Waals surface area contributed by atoms with Gasteiger partial charge in [-0.15, -0.1) is 5.73 Å². The molecular formula is C25H32O3Si. The highest BCUT2D eigenvalue weighted by Crippen LogP contribution is 2.36. The van der Waals surface area contributed by atoms with Gasteiger partial charge in [0.05, 0.1) is 13.7 Å². The SMILES string of the molecule is COC(=O)CCCC=C=CCO[Si](c1ccccc1)(c1ccccc1)C(C)(C)C. The van der Waals surface area contributed by atoms with Crippen LogP contribution in [0.4, 0.5) is 0 Å². The minimum Gasteiger partial charge on any atom is -0.469 e. The number of carbonyl (C=O) groups is 1. The molecule has 0 N–H and O–H groups in total. The smallest absolute Gasteiger partial charge is 0.305 e. The fourth-order valence-corrected chi connectivity index (χ4v) is 8.08. The molecule has 0 aromatic heterocycles. The van der Waals surface area contributed by atoms with E-state index in [0.717, 1.165) is 12.8 Å². The van der Waals surface area contributed by atoms with Gasteiger partial charge < -0.3 is 9.16 Å². The lowest BCUT2D eigenvalue weighted by atomic mass is 10.2. The van der Waals surface area contributed by atoms with E-state index in [9.17, 15) is 4.79 Å². The summed E-state index contributed by atoms with van der Waals surface area (Å²) in [5.41, 5.74) is 3.20. The number of ether oxygens (including phenoxy) is 1. The lowest BCUT2D eigenvalue weighted by Gasteiger charge is -2.42. The minimum atomic E-state index is -2.49. The second kappa shape index (κ2) is 11.0. The maximum Gasteiger partial charge on any atom is 0.305 e. The summed E-state index contributed by atoms with van der Waals surface area (Å²) in [6.07, 6.45) is 5.90. The van der Waals surface area contributed by atoms with Crippen molar-refractivity contribution in [3.63, 3.8) is 0 Å². The second-order valence-corrected chi connectivity index (χ2v) is 12.3. The Balaban J connectivity index is 2.21. The van der Waals surface area contributed by atoms with Gasteiger partial charge in [-0.2, -0.15) is 0 Å². The summed E-state index contributed by atoms with van der Waals surface area (Å²) in [4.78, 5) is 11.1. The number of unbranched alkanes of at least 4 members (excludes halogenated alkanes) is 1. The van der Waals surface area contributed by atoms with E-state index in [4.69, 9.17) is 4.43 Å². The summed E-state index contributed by atoms with van der Waals surface area (Å²) in [6.45, 7) is 7.31. The summed E-state index contributed by atoms with van der Waals surface area (Å²) in [6, 6.07) is 21.2. The first-order valence-corrected chi connectivity index (χ1v) is 12.0. The second-order valence-electron chi connectivity index (χ2n) is 8.02. The van der Waals surface area contributed by atoms with Gasteiger partial charge >= 0.3 is 5.97 Å². The average Bonchev–Trinajstić information content (AvgIpc) is 2.73. The van der Waals surface area contributed by atoms with Gasteiger partial charge in [0.2, 0.25) is 0 Å². The molecule has 0 saturated heterocycles. The Hall–Kier alpha value is -2.39. The Labute approximate surface area is 176 Å². The standard InChI is InChI=1S/C25H32O3Si/c1-25(2,3)29(22-16-10-8-11-17-22,23-18-12-9-13-19-23)28-21-15-7-5-6-14-20-24(26)27-4/h5,8-13,15-19H,6,14,20-21H2,1-4H3. The van der Waals surface area contributed by atoms with E-state index in [2.05, 4.69) is 79.8 Å². The van der Waals surface area contributed by atoms with Crippen molar-refractivity contribution in [3.05, 3.63) is 78.5 Å². The molecule has 0 unspecified atom stereocenters. The van der Waals surface area contributed by atoms with Crippen molar-refractivity contribution in [3.8, 4) is 0 Å². The fourth-order valence-electron chi connectivity index (χ4n) is 3.59. The summed E-state index contributed by atoms with van der Waals surface area (Å²) in [5, 5.41) is 2.51. The Morgan fingerprint density at radius 1 is 0.966 bits per heavy atom. The van der Waals surface area contributed by atoms with E-state index >= 15 is 0 Å². The van der Waals surface area contributed by atoms with E-state index in [1.54, 1.807) is 0 Å². The number of rotatable bonds is 9. The number of methoxy groups -OCH3 is 1. The van der Waals surface area contributed by atoms with Gasteiger partial charge in [0, 0.05) is 6.42 Å². The summed E-state index contributed by atoms with van der Waals surface area (Å²) >= 11 is 0. The molecule has 0 saturated carbocycles. The predicted molar refractivity (Wildman–Crippen MR) is 122 cm³/mol. The molecule has 0 radical (unpaired) electrons. The normalized spacial score (nSPS) is 11.4. The van der Waals surface area contributed by atoms with Crippen LogP contribution in [0.5, 0.6) is 0 Å². The topological polar surface area (TPSA) is 35.5 Å². The molecule has 2 aromatic carbocycles. The van der Waals surface area contributed by atoms with Crippen molar-refractivity contribution in [2.24, 2.45) is 0 Å². The maximum atomic E-state index is 11.1. The van der Waals surface area contributed by atoms with Crippen LogP contribution in [0.15, 0.2) is 78.5 Å². The van der Waals surface area contributed by atoms with Crippen molar-refractivity contribution in [1.82, 2.24) is 0 Å². The van der Waals surface area contributed by atoms with Crippen molar-refractivity contribution in [2.75, 3.05) is 13.7 Å². The maximum absolute atomic E-state index is 11.1. The van der Waals surface area contributed by atoms with E-state index in [1.807, 2.05) is 24.3 Å². The molecule has 2 aromatic rings. The lowest BCUT2D eigenvalue weighted by molar-refractivity contribution is -0.140. The van der Waals surface area contributed by atoms with E-state index in [0.29, 0.717) is 13.0 Å². The first-order chi connectivity index (χ1) is 13.9. The van der Waals surface area contributed by atoms with Crippen LogP contribution >= 0.6 is 0 Å². The zero-order valence-corrected chi connectivity index (χ0v) is 19.0. The van der Waals surface area contributed by atoms with Crippen LogP contribution in [-0.4, -0.2) is 28.0 Å². The number of esters is 1. The minimum absolute atomic E-state index is 0.0340. The molecule has 2 rings (SSSR count). The molecule has 154 valence electrons. The predicted octanol–water partition coefficient (Wildman–Crippen LogP) is 4.62. The summed E-state index contributed by atoms with van der Waals surface area (Å²) < 4.78 is 11.4. The van der Waals surface area contributed by atoms with Gasteiger partial charge in [0.15, 0.2) is 0 Å². The van der Waals surface area contributed by atoms with Gasteiger partial charge in [0.1, 0.15) is 0 Å². The van der Waals surface area contributed by atoms with E-state index in [-0.39, 0.29) is 11.0 Å². The van der Waals surface area contributed by atoms with Crippen LogP contribution in [0.25, 0.3) is 0 Å². The lowest BCUT2D eigenvalue weighted by Crippen LogP contribution is -2.66. The third kappa shape index (κ3) is 6.04. The molecule has 0 atom stereocenters. The molecule has 0 aliphatic rings. The Morgan fingerprint density at radius 2 is 1.52 bits per heavy atom. The highest BCUT2D eigenvalue weighted by atomic mass is 28.4. The van der Waals surface area contributed by atoms with Gasteiger partial charge in [-0.3, -0.25) is 4.79 Å². The fraction of sp³-hybridized carbons (Fsp3) is 0.360. The molecule has 3 nitrogen and oxygen atoms in total. The monoisotopic (exact) mass is 408 g/mol. The van der Waals surface area contributed by atoms with Crippen LogP contribution < -0.4 is 10.4 Å². The molecule has 0 spiro atoms. The third-order valence-electron chi connectivity index (χ3n) is 4.99. The molecule has 0 aliphatic carbocycles. The van der Waals surface area contributed by atoms with Crippen LogP contribution in [0, 0.1) is 0 Å². The first-order valence-electron chi connectivity index (χ1n) is 10.1. The van der Waals surface area contributed by atoms with Gasteiger partial charge in [-0.05, 0) is 40.4 Å². The van der Waals surface area contributed by atoms with Crippen LogP contribution in [0.3, 0.4) is 0 Å². The zero-order chi connectivity index (χ0) is 21.2.